The number of nitrogens with two attached hydrogens (primary N) is 2. The molecule has 0 aromatic carbocycles. The van der Waals surface area contributed by atoms with E-state index in [0.717, 1.165) is 6.54 Å². The minimum absolute atomic E-state index is 0.347. The number of guanidine groups is 1. The molecule has 0 atom stereocenters. The zero-order valence-corrected chi connectivity index (χ0v) is 8.41. The van der Waals surface area contributed by atoms with Gasteiger partial charge in [0, 0.05) is 12.6 Å². The van der Waals surface area contributed by atoms with Gasteiger partial charge in [-0.1, -0.05) is 13.8 Å². The van der Waals surface area contributed by atoms with Crippen LogP contribution in [-0.2, 0) is 0 Å². The summed E-state index contributed by atoms with van der Waals surface area (Å²) in [7, 11) is 0. The predicted molar refractivity (Wildman–Crippen MR) is 52.5 cm³/mol. The maximum absolute atomic E-state index is 5.62. The van der Waals surface area contributed by atoms with Crippen LogP contribution in [0.25, 0.3) is 0 Å². The molecule has 0 heterocycles. The van der Waals surface area contributed by atoms with Crippen molar-refractivity contribution in [2.45, 2.75) is 33.7 Å². The van der Waals surface area contributed by atoms with Crippen LogP contribution in [0.15, 0.2) is 5.10 Å². The Morgan fingerprint density at radius 1 is 1.33 bits per heavy atom. The highest BCUT2D eigenvalue weighted by molar-refractivity contribution is 5.77. The Morgan fingerprint density at radius 2 is 1.83 bits per heavy atom. The van der Waals surface area contributed by atoms with Crippen LogP contribution >= 0.6 is 0 Å². The molecule has 0 rings (SSSR count). The lowest BCUT2D eigenvalue weighted by Crippen LogP contribution is -2.44. The van der Waals surface area contributed by atoms with E-state index in [0.29, 0.717) is 17.9 Å². The molecule has 0 amide bonds. The maximum Gasteiger partial charge on any atom is 0.213 e. The van der Waals surface area contributed by atoms with Crippen molar-refractivity contribution in [3.63, 3.8) is 0 Å². The van der Waals surface area contributed by atoms with E-state index in [1.54, 1.807) is 0 Å². The number of nitrogens with zero attached hydrogens (tertiary/aromatic N) is 2. The molecule has 0 saturated carbocycles. The first-order chi connectivity index (χ1) is 5.49. The monoisotopic (exact) mass is 172 g/mol. The van der Waals surface area contributed by atoms with E-state index < -0.39 is 0 Å². The molecular formula is C8H20N4. The quantitative estimate of drug-likeness (QED) is 0.282. The Bertz CT molecular complexity index is 151. The first kappa shape index (κ1) is 11.1. The van der Waals surface area contributed by atoms with Crippen LogP contribution < -0.4 is 11.6 Å². The van der Waals surface area contributed by atoms with E-state index in [-0.39, 0.29) is 0 Å². The third-order valence-electron chi connectivity index (χ3n) is 1.61. The summed E-state index contributed by atoms with van der Waals surface area (Å²) >= 11 is 0. The molecule has 0 aliphatic carbocycles. The van der Waals surface area contributed by atoms with E-state index in [9.17, 15) is 0 Å². The highest BCUT2D eigenvalue weighted by Crippen LogP contribution is 2.02. The van der Waals surface area contributed by atoms with Crippen molar-refractivity contribution in [1.82, 2.24) is 4.90 Å². The van der Waals surface area contributed by atoms with Crippen LogP contribution in [0.2, 0.25) is 0 Å². The van der Waals surface area contributed by atoms with Gasteiger partial charge in [0.1, 0.15) is 0 Å². The molecule has 0 spiro atoms. The third-order valence-corrected chi connectivity index (χ3v) is 1.61. The van der Waals surface area contributed by atoms with Gasteiger partial charge in [0.15, 0.2) is 0 Å². The highest BCUT2D eigenvalue weighted by atomic mass is 15.3. The SMILES string of the molecule is CC(C)CN(C(N)=NN)C(C)C. The standard InChI is InChI=1S/C8H20N4/c1-6(2)5-12(7(3)4)8(9)11-10/h6-7H,5,10H2,1-4H3,(H2,9,11). The van der Waals surface area contributed by atoms with Crippen molar-refractivity contribution in [3.05, 3.63) is 0 Å². The number of rotatable bonds is 3. The minimum Gasteiger partial charge on any atom is -0.368 e. The Morgan fingerprint density at radius 3 is 2.08 bits per heavy atom. The Balaban J connectivity index is 4.24. The molecule has 0 aromatic heterocycles. The second-order valence-electron chi connectivity index (χ2n) is 3.63. The van der Waals surface area contributed by atoms with E-state index in [1.165, 1.54) is 0 Å². The fraction of sp³-hybridized carbons (Fsp3) is 0.875. The molecule has 4 nitrogen and oxygen atoms in total. The normalized spacial score (nSPS) is 12.7. The third kappa shape index (κ3) is 3.46. The zero-order valence-electron chi connectivity index (χ0n) is 8.41. The van der Waals surface area contributed by atoms with Crippen molar-refractivity contribution in [3.8, 4) is 0 Å². The first-order valence-electron chi connectivity index (χ1n) is 4.29. The van der Waals surface area contributed by atoms with Crippen molar-refractivity contribution < 1.29 is 0 Å². The van der Waals surface area contributed by atoms with Gasteiger partial charge in [-0.15, -0.1) is 5.10 Å². The van der Waals surface area contributed by atoms with Crippen molar-refractivity contribution >= 4 is 5.96 Å². The summed E-state index contributed by atoms with van der Waals surface area (Å²) in [6.07, 6.45) is 0. The molecule has 0 aliphatic rings. The fourth-order valence-electron chi connectivity index (χ4n) is 1.04. The second-order valence-corrected chi connectivity index (χ2v) is 3.63. The number of hydrogen-bond donors (Lipinski definition) is 2. The summed E-state index contributed by atoms with van der Waals surface area (Å²) in [4.78, 5) is 1.99. The van der Waals surface area contributed by atoms with Gasteiger partial charge in [-0.05, 0) is 19.8 Å². The predicted octanol–water partition coefficient (Wildman–Crippen LogP) is 0.541. The Hall–Kier alpha value is -0.930. The van der Waals surface area contributed by atoms with Crippen molar-refractivity contribution in [1.29, 1.82) is 0 Å². The number of hydrazone groups is 1. The summed E-state index contributed by atoms with van der Waals surface area (Å²) < 4.78 is 0. The summed E-state index contributed by atoms with van der Waals surface area (Å²) in [5.74, 6) is 6.09. The van der Waals surface area contributed by atoms with Crippen LogP contribution in [0, 0.1) is 5.92 Å². The molecule has 0 bridgehead atoms. The molecule has 0 fully saturated rings. The van der Waals surface area contributed by atoms with Crippen LogP contribution in [-0.4, -0.2) is 23.4 Å². The van der Waals surface area contributed by atoms with Gasteiger partial charge < -0.3 is 16.5 Å². The summed E-state index contributed by atoms with van der Waals surface area (Å²) in [6.45, 7) is 9.31. The summed E-state index contributed by atoms with van der Waals surface area (Å²) in [6, 6.07) is 0.347. The lowest BCUT2D eigenvalue weighted by molar-refractivity contribution is 0.307. The molecule has 4 heteroatoms. The molecule has 12 heavy (non-hydrogen) atoms. The van der Waals surface area contributed by atoms with Gasteiger partial charge in [0.25, 0.3) is 0 Å². The van der Waals surface area contributed by atoms with E-state index >= 15 is 0 Å². The van der Waals surface area contributed by atoms with Crippen LogP contribution in [0.1, 0.15) is 27.7 Å². The topological polar surface area (TPSA) is 67.6 Å². The Labute approximate surface area is 74.6 Å². The maximum atomic E-state index is 5.62. The van der Waals surface area contributed by atoms with Crippen molar-refractivity contribution in [2.24, 2.45) is 22.6 Å². The molecule has 72 valence electrons. The van der Waals surface area contributed by atoms with Gasteiger partial charge in [-0.3, -0.25) is 0 Å². The molecular weight excluding hydrogens is 152 g/mol. The van der Waals surface area contributed by atoms with Crippen molar-refractivity contribution in [2.75, 3.05) is 6.54 Å². The summed E-state index contributed by atoms with van der Waals surface area (Å²) in [5, 5.41) is 3.48. The largest absolute Gasteiger partial charge is 0.368 e. The van der Waals surface area contributed by atoms with E-state index in [4.69, 9.17) is 11.6 Å². The van der Waals surface area contributed by atoms with Gasteiger partial charge in [-0.25, -0.2) is 0 Å². The molecule has 0 unspecified atom stereocenters. The van der Waals surface area contributed by atoms with Crippen LogP contribution in [0.5, 0.6) is 0 Å². The zero-order chi connectivity index (χ0) is 9.72. The lowest BCUT2D eigenvalue weighted by Gasteiger charge is -2.28. The average Bonchev–Trinajstić information content (AvgIpc) is 1.98. The van der Waals surface area contributed by atoms with E-state index in [2.05, 4.69) is 32.8 Å². The minimum atomic E-state index is 0.347. The van der Waals surface area contributed by atoms with Crippen LogP contribution in [0.3, 0.4) is 0 Å². The average molecular weight is 172 g/mol. The van der Waals surface area contributed by atoms with Gasteiger partial charge in [-0.2, -0.15) is 0 Å². The number of hydrogen-bond acceptors (Lipinski definition) is 2. The lowest BCUT2D eigenvalue weighted by atomic mass is 10.2. The van der Waals surface area contributed by atoms with Gasteiger partial charge in [0.05, 0.1) is 0 Å². The molecule has 0 saturated heterocycles. The highest BCUT2D eigenvalue weighted by Gasteiger charge is 2.12. The smallest absolute Gasteiger partial charge is 0.213 e. The molecule has 0 aliphatic heterocycles. The second kappa shape index (κ2) is 4.85. The molecule has 0 aromatic rings. The summed E-state index contributed by atoms with van der Waals surface area (Å²) in [5.41, 5.74) is 5.62. The Kier molecular flexibility index (Phi) is 4.47. The van der Waals surface area contributed by atoms with Gasteiger partial charge >= 0.3 is 0 Å². The fourth-order valence-corrected chi connectivity index (χ4v) is 1.04. The van der Waals surface area contributed by atoms with Gasteiger partial charge in [0.2, 0.25) is 5.96 Å². The molecule has 4 N–H and O–H groups in total. The molecule has 0 radical (unpaired) electrons. The van der Waals surface area contributed by atoms with Crippen LogP contribution in [0.4, 0.5) is 0 Å². The first-order valence-corrected chi connectivity index (χ1v) is 4.29. The van der Waals surface area contributed by atoms with E-state index in [1.807, 2.05) is 4.90 Å².